The summed E-state index contributed by atoms with van der Waals surface area (Å²) >= 11 is 0. The maximum atomic E-state index is 5.97. The van der Waals surface area contributed by atoms with Gasteiger partial charge in [0.25, 0.3) is 0 Å². The average Bonchev–Trinajstić information content (AvgIpc) is 2.56. The molecule has 0 saturated carbocycles. The number of hydrogen-bond donors (Lipinski definition) is 2. The Labute approximate surface area is 157 Å². The highest BCUT2D eigenvalue weighted by molar-refractivity contribution is 14.0. The average molecular weight is 430 g/mol. The van der Waals surface area contributed by atoms with Crippen molar-refractivity contribution in [2.75, 3.05) is 31.5 Å². The number of aliphatic imine (C=N–C) groups is 1. The number of guanidine groups is 1. The molecule has 1 aromatic carbocycles. The lowest BCUT2D eigenvalue weighted by molar-refractivity contribution is 0.188. The first-order chi connectivity index (χ1) is 10.7. The van der Waals surface area contributed by atoms with Gasteiger partial charge in [-0.25, -0.2) is 0 Å². The van der Waals surface area contributed by atoms with Crippen LogP contribution in [0.5, 0.6) is 0 Å². The van der Waals surface area contributed by atoms with Crippen molar-refractivity contribution in [3.8, 4) is 0 Å². The normalized spacial score (nSPS) is 16.9. The lowest BCUT2D eigenvalue weighted by Gasteiger charge is -2.30. The van der Waals surface area contributed by atoms with E-state index < -0.39 is 0 Å². The fourth-order valence-electron chi connectivity index (χ4n) is 2.97. The summed E-state index contributed by atoms with van der Waals surface area (Å²) in [5.41, 5.74) is 8.31. The first-order valence-electron chi connectivity index (χ1n) is 8.59. The highest BCUT2D eigenvalue weighted by Crippen LogP contribution is 2.20. The summed E-state index contributed by atoms with van der Waals surface area (Å²) in [6.45, 7) is 8.87. The summed E-state index contributed by atoms with van der Waals surface area (Å²) < 4.78 is 0. The van der Waals surface area contributed by atoms with E-state index in [1.54, 1.807) is 0 Å². The number of likely N-dealkylation sites (tertiary alicyclic amines) is 1. The van der Waals surface area contributed by atoms with Crippen molar-refractivity contribution < 1.29 is 0 Å². The van der Waals surface area contributed by atoms with Crippen molar-refractivity contribution >= 4 is 35.6 Å². The van der Waals surface area contributed by atoms with Gasteiger partial charge in [0.1, 0.15) is 0 Å². The Balaban J connectivity index is 0.00000264. The zero-order valence-corrected chi connectivity index (χ0v) is 16.8. The number of hydrogen-bond acceptors (Lipinski definition) is 2. The molecule has 1 aliphatic rings. The molecule has 1 aliphatic heterocycles. The third-order valence-electron chi connectivity index (χ3n) is 4.61. The fourth-order valence-corrected chi connectivity index (χ4v) is 2.97. The van der Waals surface area contributed by atoms with Gasteiger partial charge >= 0.3 is 0 Å². The molecule has 0 bridgehead atoms. The number of aryl methyl sites for hydroxylation is 1. The van der Waals surface area contributed by atoms with Crippen LogP contribution in [-0.4, -0.2) is 37.0 Å². The van der Waals surface area contributed by atoms with E-state index in [1.807, 2.05) is 0 Å². The summed E-state index contributed by atoms with van der Waals surface area (Å²) in [5.74, 6) is 1.33. The smallest absolute Gasteiger partial charge is 0.193 e. The van der Waals surface area contributed by atoms with Gasteiger partial charge in [-0.3, -0.25) is 4.99 Å². The monoisotopic (exact) mass is 430 g/mol. The van der Waals surface area contributed by atoms with Crippen LogP contribution in [0.25, 0.3) is 0 Å². The zero-order valence-electron chi connectivity index (χ0n) is 14.4. The molecule has 0 atom stereocenters. The number of anilines is 1. The van der Waals surface area contributed by atoms with Crippen LogP contribution >= 0.6 is 24.0 Å². The van der Waals surface area contributed by atoms with Gasteiger partial charge in [0.15, 0.2) is 5.96 Å². The third kappa shape index (κ3) is 7.08. The number of nitrogens with zero attached hydrogens (tertiary/aromatic N) is 2. The first kappa shape index (κ1) is 20.2. The highest BCUT2D eigenvalue weighted by atomic mass is 127. The molecule has 1 fully saturated rings. The fraction of sp³-hybridized carbons (Fsp3) is 0.611. The topological polar surface area (TPSA) is 53.6 Å². The van der Waals surface area contributed by atoms with Gasteiger partial charge in [0.05, 0.1) is 0 Å². The van der Waals surface area contributed by atoms with Crippen molar-refractivity contribution in [2.45, 2.75) is 39.5 Å². The molecule has 1 saturated heterocycles. The molecule has 1 heterocycles. The van der Waals surface area contributed by atoms with E-state index in [0.29, 0.717) is 5.96 Å². The summed E-state index contributed by atoms with van der Waals surface area (Å²) in [4.78, 5) is 6.99. The van der Waals surface area contributed by atoms with Crippen LogP contribution in [0.3, 0.4) is 0 Å². The highest BCUT2D eigenvalue weighted by Gasteiger charge is 2.17. The Kier molecular flexibility index (Phi) is 9.55. The van der Waals surface area contributed by atoms with E-state index in [0.717, 1.165) is 31.0 Å². The lowest BCUT2D eigenvalue weighted by atomic mass is 9.94. The molecule has 0 aromatic heterocycles. The summed E-state index contributed by atoms with van der Waals surface area (Å²) in [5, 5.41) is 3.17. The summed E-state index contributed by atoms with van der Waals surface area (Å²) in [7, 11) is 0. The molecule has 130 valence electrons. The van der Waals surface area contributed by atoms with Crippen molar-refractivity contribution in [2.24, 2.45) is 16.6 Å². The minimum atomic E-state index is 0. The van der Waals surface area contributed by atoms with Crippen LogP contribution in [0, 0.1) is 5.92 Å². The molecular weight excluding hydrogens is 399 g/mol. The van der Waals surface area contributed by atoms with Crippen LogP contribution in [0.4, 0.5) is 5.69 Å². The van der Waals surface area contributed by atoms with Crippen molar-refractivity contribution in [3.05, 3.63) is 29.8 Å². The van der Waals surface area contributed by atoms with Gasteiger partial charge in [-0.2, -0.15) is 0 Å². The number of piperidine rings is 1. The second-order valence-corrected chi connectivity index (χ2v) is 6.11. The minimum Gasteiger partial charge on any atom is -0.370 e. The largest absolute Gasteiger partial charge is 0.370 e. The van der Waals surface area contributed by atoms with Gasteiger partial charge in [-0.1, -0.05) is 26.0 Å². The van der Waals surface area contributed by atoms with Gasteiger partial charge in [0, 0.05) is 12.2 Å². The Bertz CT molecular complexity index is 464. The molecule has 2 rings (SSSR count). The maximum absolute atomic E-state index is 5.97. The summed E-state index contributed by atoms with van der Waals surface area (Å²) in [6.07, 6.45) is 4.81. The molecular formula is C18H31IN4. The van der Waals surface area contributed by atoms with E-state index in [-0.39, 0.29) is 24.0 Å². The van der Waals surface area contributed by atoms with Crippen LogP contribution in [0.1, 0.15) is 38.7 Å². The van der Waals surface area contributed by atoms with E-state index in [2.05, 4.69) is 53.3 Å². The number of halogens is 1. The molecule has 0 spiro atoms. The van der Waals surface area contributed by atoms with Crippen molar-refractivity contribution in [1.82, 2.24) is 4.90 Å². The standard InChI is InChI=1S/C18H30N4.HI/c1-3-15-5-7-17(8-6-15)21-18(19)20-12-9-16-10-13-22(4-2)14-11-16;/h5-8,16H,3-4,9-14H2,1-2H3,(H3,19,20,21);1H. The van der Waals surface area contributed by atoms with Crippen LogP contribution < -0.4 is 11.1 Å². The number of nitrogens with one attached hydrogen (secondary N) is 1. The van der Waals surface area contributed by atoms with Gasteiger partial charge in [0.2, 0.25) is 0 Å². The zero-order chi connectivity index (χ0) is 15.8. The Hall–Kier alpha value is -0.820. The predicted octanol–water partition coefficient (Wildman–Crippen LogP) is 3.72. The van der Waals surface area contributed by atoms with Crippen molar-refractivity contribution in [3.63, 3.8) is 0 Å². The molecule has 0 unspecified atom stereocenters. The summed E-state index contributed by atoms with van der Waals surface area (Å²) in [6, 6.07) is 8.36. The Morgan fingerprint density at radius 1 is 1.22 bits per heavy atom. The number of nitrogens with two attached hydrogens (primary N) is 1. The minimum absolute atomic E-state index is 0. The Morgan fingerprint density at radius 2 is 1.87 bits per heavy atom. The van der Waals surface area contributed by atoms with Gasteiger partial charge in [-0.05, 0) is 68.9 Å². The molecule has 0 amide bonds. The van der Waals surface area contributed by atoms with E-state index in [9.17, 15) is 0 Å². The molecule has 4 nitrogen and oxygen atoms in total. The van der Waals surface area contributed by atoms with E-state index >= 15 is 0 Å². The molecule has 0 aliphatic carbocycles. The molecule has 0 radical (unpaired) electrons. The second-order valence-electron chi connectivity index (χ2n) is 6.11. The number of rotatable bonds is 6. The van der Waals surface area contributed by atoms with Crippen molar-refractivity contribution in [1.29, 1.82) is 0 Å². The Morgan fingerprint density at radius 3 is 2.43 bits per heavy atom. The quantitative estimate of drug-likeness (QED) is 0.411. The first-order valence-corrected chi connectivity index (χ1v) is 8.59. The van der Waals surface area contributed by atoms with Crippen LogP contribution in [-0.2, 0) is 6.42 Å². The van der Waals surface area contributed by atoms with E-state index in [4.69, 9.17) is 5.73 Å². The number of benzene rings is 1. The molecule has 1 aromatic rings. The molecule has 5 heteroatoms. The van der Waals surface area contributed by atoms with Crippen LogP contribution in [0.15, 0.2) is 29.3 Å². The second kappa shape index (κ2) is 10.9. The van der Waals surface area contributed by atoms with Crippen LogP contribution in [0.2, 0.25) is 0 Å². The van der Waals surface area contributed by atoms with E-state index in [1.165, 1.54) is 38.0 Å². The molecule has 23 heavy (non-hydrogen) atoms. The maximum Gasteiger partial charge on any atom is 0.193 e. The third-order valence-corrected chi connectivity index (χ3v) is 4.61. The lowest BCUT2D eigenvalue weighted by Crippen LogP contribution is -2.33. The SMILES string of the molecule is CCc1ccc(NC(N)=NCCC2CCN(CC)CC2)cc1.I. The van der Waals surface area contributed by atoms with Gasteiger partial charge in [-0.15, -0.1) is 24.0 Å². The molecule has 3 N–H and O–H groups in total. The predicted molar refractivity (Wildman–Crippen MR) is 111 cm³/mol. The van der Waals surface area contributed by atoms with Gasteiger partial charge < -0.3 is 16.0 Å².